The van der Waals surface area contributed by atoms with E-state index in [0.29, 0.717) is 12.0 Å². The van der Waals surface area contributed by atoms with E-state index in [0.717, 1.165) is 64.5 Å². The Labute approximate surface area is 151 Å². The molecule has 140 valence electrons. The van der Waals surface area contributed by atoms with Crippen molar-refractivity contribution >= 4 is 5.91 Å². The van der Waals surface area contributed by atoms with E-state index in [1.165, 1.54) is 5.69 Å². The molecule has 3 rings (SSSR count). The van der Waals surface area contributed by atoms with Gasteiger partial charge in [0.2, 0.25) is 5.91 Å². The molecule has 1 aromatic heterocycles. The largest absolute Gasteiger partial charge is 0.342 e. The molecular weight excluding hydrogens is 314 g/mol. The van der Waals surface area contributed by atoms with Crippen molar-refractivity contribution in [3.8, 4) is 0 Å². The van der Waals surface area contributed by atoms with E-state index in [2.05, 4.69) is 46.4 Å². The number of aryl methyl sites for hydroxylation is 2. The van der Waals surface area contributed by atoms with Crippen molar-refractivity contribution in [2.45, 2.75) is 46.7 Å². The van der Waals surface area contributed by atoms with E-state index >= 15 is 0 Å². The minimum Gasteiger partial charge on any atom is -0.342 e. The molecule has 0 aliphatic carbocycles. The SMILES string of the molecule is CC(=O)N1CCCN([C@@H]2CN(CCn3nc(C)cc3C)C[C@H]2C)CC1. The molecule has 0 spiro atoms. The van der Waals surface area contributed by atoms with Gasteiger partial charge in [-0.25, -0.2) is 0 Å². The van der Waals surface area contributed by atoms with Gasteiger partial charge in [-0.1, -0.05) is 6.92 Å². The smallest absolute Gasteiger partial charge is 0.219 e. The van der Waals surface area contributed by atoms with Crippen molar-refractivity contribution in [3.05, 3.63) is 17.5 Å². The summed E-state index contributed by atoms with van der Waals surface area (Å²) < 4.78 is 2.13. The van der Waals surface area contributed by atoms with E-state index in [1.807, 2.05) is 4.90 Å². The van der Waals surface area contributed by atoms with Gasteiger partial charge in [0.1, 0.15) is 0 Å². The molecular formula is C19H33N5O. The van der Waals surface area contributed by atoms with Gasteiger partial charge in [-0.15, -0.1) is 0 Å². The number of amides is 1. The molecule has 0 aromatic carbocycles. The highest BCUT2D eigenvalue weighted by Gasteiger charge is 2.34. The van der Waals surface area contributed by atoms with Gasteiger partial charge in [0.05, 0.1) is 12.2 Å². The summed E-state index contributed by atoms with van der Waals surface area (Å²) in [7, 11) is 0. The Balaban J connectivity index is 1.52. The standard InChI is InChI=1S/C19H33N5O/c1-15-13-21(8-11-24-17(3)12-16(2)20-24)14-19(15)23-7-5-6-22(9-10-23)18(4)25/h12,15,19H,5-11,13-14H2,1-4H3/t15-,19-/m1/s1. The fourth-order valence-electron chi connectivity index (χ4n) is 4.43. The van der Waals surface area contributed by atoms with Gasteiger partial charge in [-0.2, -0.15) is 5.10 Å². The lowest BCUT2D eigenvalue weighted by Gasteiger charge is -2.30. The molecule has 0 radical (unpaired) electrons. The van der Waals surface area contributed by atoms with Crippen LogP contribution in [0.5, 0.6) is 0 Å². The Hall–Kier alpha value is -1.40. The summed E-state index contributed by atoms with van der Waals surface area (Å²) in [5, 5.41) is 4.58. The topological polar surface area (TPSA) is 44.6 Å². The molecule has 1 amide bonds. The lowest BCUT2D eigenvalue weighted by Crippen LogP contribution is -2.43. The lowest BCUT2D eigenvalue weighted by molar-refractivity contribution is -0.128. The summed E-state index contributed by atoms with van der Waals surface area (Å²) in [4.78, 5) is 18.8. The third-order valence-electron chi connectivity index (χ3n) is 5.82. The first kappa shape index (κ1) is 18.4. The molecule has 0 unspecified atom stereocenters. The first-order chi connectivity index (χ1) is 11.9. The minimum atomic E-state index is 0.216. The van der Waals surface area contributed by atoms with Crippen LogP contribution in [-0.2, 0) is 11.3 Å². The van der Waals surface area contributed by atoms with Crippen LogP contribution in [0.15, 0.2) is 6.07 Å². The predicted octanol–water partition coefficient (Wildman–Crippen LogP) is 1.37. The molecule has 0 N–H and O–H groups in total. The van der Waals surface area contributed by atoms with E-state index in [9.17, 15) is 4.79 Å². The zero-order valence-electron chi connectivity index (χ0n) is 16.2. The average Bonchev–Trinajstić information content (AvgIpc) is 2.96. The van der Waals surface area contributed by atoms with E-state index in [4.69, 9.17) is 0 Å². The minimum absolute atomic E-state index is 0.216. The summed E-state index contributed by atoms with van der Waals surface area (Å²) in [5.74, 6) is 0.900. The second-order valence-electron chi connectivity index (χ2n) is 7.85. The van der Waals surface area contributed by atoms with Crippen molar-refractivity contribution in [1.29, 1.82) is 0 Å². The molecule has 6 nitrogen and oxygen atoms in total. The summed E-state index contributed by atoms with van der Waals surface area (Å²) in [6.45, 7) is 16.5. The number of carbonyl (C=O) groups is 1. The van der Waals surface area contributed by atoms with Crippen molar-refractivity contribution in [3.63, 3.8) is 0 Å². The maximum absolute atomic E-state index is 11.6. The number of nitrogens with zero attached hydrogens (tertiary/aromatic N) is 5. The molecule has 0 bridgehead atoms. The van der Waals surface area contributed by atoms with E-state index < -0.39 is 0 Å². The summed E-state index contributed by atoms with van der Waals surface area (Å²) in [6, 6.07) is 2.76. The second kappa shape index (κ2) is 7.87. The van der Waals surface area contributed by atoms with Gasteiger partial charge < -0.3 is 4.90 Å². The summed E-state index contributed by atoms with van der Waals surface area (Å²) in [5.41, 5.74) is 2.35. The number of likely N-dealkylation sites (tertiary alicyclic amines) is 1. The Kier molecular flexibility index (Phi) is 5.79. The highest BCUT2D eigenvalue weighted by atomic mass is 16.2. The van der Waals surface area contributed by atoms with Crippen molar-refractivity contribution in [1.82, 2.24) is 24.5 Å². The molecule has 2 saturated heterocycles. The van der Waals surface area contributed by atoms with Gasteiger partial charge in [-0.05, 0) is 32.3 Å². The molecule has 1 aromatic rings. The van der Waals surface area contributed by atoms with E-state index in [-0.39, 0.29) is 5.91 Å². The van der Waals surface area contributed by atoms with Crippen LogP contribution in [0, 0.1) is 19.8 Å². The number of aromatic nitrogens is 2. The third kappa shape index (κ3) is 4.42. The number of rotatable bonds is 4. The number of carbonyl (C=O) groups excluding carboxylic acids is 1. The predicted molar refractivity (Wildman–Crippen MR) is 99.5 cm³/mol. The molecule has 2 aliphatic rings. The third-order valence-corrected chi connectivity index (χ3v) is 5.82. The fourth-order valence-corrected chi connectivity index (χ4v) is 4.43. The van der Waals surface area contributed by atoms with Gasteiger partial charge in [0.25, 0.3) is 0 Å². The van der Waals surface area contributed by atoms with Crippen molar-refractivity contribution in [2.75, 3.05) is 45.8 Å². The van der Waals surface area contributed by atoms with Crippen LogP contribution in [0.1, 0.15) is 31.7 Å². The average molecular weight is 348 g/mol. The Bertz CT molecular complexity index is 599. The monoisotopic (exact) mass is 347 g/mol. The van der Waals surface area contributed by atoms with Crippen molar-refractivity contribution < 1.29 is 4.79 Å². The Morgan fingerprint density at radius 2 is 1.96 bits per heavy atom. The van der Waals surface area contributed by atoms with Gasteiger partial charge >= 0.3 is 0 Å². The van der Waals surface area contributed by atoms with Crippen LogP contribution in [0.4, 0.5) is 0 Å². The van der Waals surface area contributed by atoms with E-state index in [1.54, 1.807) is 6.92 Å². The summed E-state index contributed by atoms with van der Waals surface area (Å²) >= 11 is 0. The highest BCUT2D eigenvalue weighted by Crippen LogP contribution is 2.23. The number of hydrogen-bond acceptors (Lipinski definition) is 4. The Morgan fingerprint density at radius 1 is 1.16 bits per heavy atom. The molecule has 0 saturated carbocycles. The van der Waals surface area contributed by atoms with Crippen LogP contribution in [0.25, 0.3) is 0 Å². The molecule has 2 atom stereocenters. The van der Waals surface area contributed by atoms with Crippen LogP contribution in [-0.4, -0.2) is 82.2 Å². The quantitative estimate of drug-likeness (QED) is 0.825. The zero-order chi connectivity index (χ0) is 18.0. The lowest BCUT2D eigenvalue weighted by atomic mass is 10.0. The van der Waals surface area contributed by atoms with Crippen LogP contribution in [0.2, 0.25) is 0 Å². The first-order valence-corrected chi connectivity index (χ1v) is 9.67. The van der Waals surface area contributed by atoms with Crippen LogP contribution in [0.3, 0.4) is 0 Å². The highest BCUT2D eigenvalue weighted by molar-refractivity contribution is 5.73. The van der Waals surface area contributed by atoms with Crippen molar-refractivity contribution in [2.24, 2.45) is 5.92 Å². The van der Waals surface area contributed by atoms with Gasteiger partial charge in [0, 0.05) is 64.5 Å². The molecule has 2 fully saturated rings. The van der Waals surface area contributed by atoms with Crippen LogP contribution >= 0.6 is 0 Å². The normalized spacial score (nSPS) is 26.2. The fraction of sp³-hybridized carbons (Fsp3) is 0.789. The second-order valence-corrected chi connectivity index (χ2v) is 7.85. The zero-order valence-corrected chi connectivity index (χ0v) is 16.2. The first-order valence-electron chi connectivity index (χ1n) is 9.67. The van der Waals surface area contributed by atoms with Gasteiger partial charge in [-0.3, -0.25) is 19.3 Å². The maximum atomic E-state index is 11.6. The maximum Gasteiger partial charge on any atom is 0.219 e. The molecule has 6 heteroatoms. The number of hydrogen-bond donors (Lipinski definition) is 0. The molecule has 25 heavy (non-hydrogen) atoms. The summed E-state index contributed by atoms with van der Waals surface area (Å²) in [6.07, 6.45) is 1.09. The van der Waals surface area contributed by atoms with Gasteiger partial charge in [0.15, 0.2) is 0 Å². The Morgan fingerprint density at radius 3 is 2.64 bits per heavy atom. The molecule has 3 heterocycles. The van der Waals surface area contributed by atoms with Crippen LogP contribution < -0.4 is 0 Å². The molecule has 2 aliphatic heterocycles.